The minimum absolute atomic E-state index is 0.000561. The van der Waals surface area contributed by atoms with Gasteiger partial charge in [-0.1, -0.05) is 17.7 Å². The van der Waals surface area contributed by atoms with E-state index in [0.717, 1.165) is 11.3 Å². The van der Waals surface area contributed by atoms with Crippen molar-refractivity contribution in [3.05, 3.63) is 47.2 Å². The van der Waals surface area contributed by atoms with Gasteiger partial charge in [-0.15, -0.1) is 0 Å². The van der Waals surface area contributed by atoms with Crippen LogP contribution in [0.2, 0.25) is 5.02 Å². The van der Waals surface area contributed by atoms with E-state index >= 15 is 0 Å². The second kappa shape index (κ2) is 3.82. The first-order chi connectivity index (χ1) is 6.79. The number of rotatable bonds is 2. The molecule has 1 heterocycles. The zero-order chi connectivity index (χ0) is 9.97. The second-order valence-corrected chi connectivity index (χ2v) is 3.37. The molecular formula is C10H9ClN2O. The van der Waals surface area contributed by atoms with Crippen LogP contribution in [0.1, 0.15) is 5.56 Å². The van der Waals surface area contributed by atoms with Gasteiger partial charge in [-0.25, -0.2) is 4.68 Å². The lowest BCUT2D eigenvalue weighted by Crippen LogP contribution is -1.93. The van der Waals surface area contributed by atoms with Gasteiger partial charge in [0.25, 0.3) is 0 Å². The van der Waals surface area contributed by atoms with Crippen molar-refractivity contribution in [2.24, 2.45) is 0 Å². The number of hydrogen-bond acceptors (Lipinski definition) is 2. The van der Waals surface area contributed by atoms with Gasteiger partial charge in [0.1, 0.15) is 0 Å². The maximum absolute atomic E-state index is 8.87. The lowest BCUT2D eigenvalue weighted by molar-refractivity contribution is 0.282. The standard InChI is InChI=1S/C10H9ClN2O/c11-9-2-1-3-10(4-9)13-6-8(7-14)5-12-13/h1-6,14H,7H2. The quantitative estimate of drug-likeness (QED) is 0.820. The summed E-state index contributed by atoms with van der Waals surface area (Å²) < 4.78 is 1.68. The van der Waals surface area contributed by atoms with Crippen LogP contribution in [0.25, 0.3) is 5.69 Å². The Labute approximate surface area is 86.6 Å². The Bertz CT molecular complexity index is 439. The molecule has 0 amide bonds. The van der Waals surface area contributed by atoms with Crippen LogP contribution < -0.4 is 0 Å². The van der Waals surface area contributed by atoms with Gasteiger partial charge in [0.15, 0.2) is 0 Å². The van der Waals surface area contributed by atoms with Crippen molar-refractivity contribution < 1.29 is 5.11 Å². The number of benzene rings is 1. The zero-order valence-electron chi connectivity index (χ0n) is 7.39. The molecule has 1 aromatic heterocycles. The van der Waals surface area contributed by atoms with Gasteiger partial charge in [0.2, 0.25) is 0 Å². The van der Waals surface area contributed by atoms with Gasteiger partial charge < -0.3 is 5.11 Å². The summed E-state index contributed by atoms with van der Waals surface area (Å²) in [5.41, 5.74) is 1.67. The molecule has 4 heteroatoms. The van der Waals surface area contributed by atoms with Gasteiger partial charge in [0, 0.05) is 16.8 Å². The largest absolute Gasteiger partial charge is 0.392 e. The summed E-state index contributed by atoms with van der Waals surface area (Å²) in [7, 11) is 0. The highest BCUT2D eigenvalue weighted by Gasteiger charge is 1.99. The van der Waals surface area contributed by atoms with Crippen LogP contribution in [0.4, 0.5) is 0 Å². The third kappa shape index (κ3) is 1.78. The molecule has 0 spiro atoms. The Morgan fingerprint density at radius 1 is 1.43 bits per heavy atom. The number of nitrogens with zero attached hydrogens (tertiary/aromatic N) is 2. The van der Waals surface area contributed by atoms with Crippen LogP contribution in [0.15, 0.2) is 36.7 Å². The van der Waals surface area contributed by atoms with Gasteiger partial charge in [-0.2, -0.15) is 5.10 Å². The average molecular weight is 209 g/mol. The van der Waals surface area contributed by atoms with Crippen LogP contribution >= 0.6 is 11.6 Å². The third-order valence-corrected chi connectivity index (χ3v) is 2.13. The minimum atomic E-state index is 0.000561. The number of aliphatic hydroxyl groups excluding tert-OH is 1. The Balaban J connectivity index is 2.39. The molecule has 0 saturated carbocycles. The van der Waals surface area contributed by atoms with Crippen molar-refractivity contribution in [1.82, 2.24) is 9.78 Å². The van der Waals surface area contributed by atoms with E-state index in [1.807, 2.05) is 24.3 Å². The molecule has 0 unspecified atom stereocenters. The first-order valence-corrected chi connectivity index (χ1v) is 4.58. The van der Waals surface area contributed by atoms with E-state index in [4.69, 9.17) is 16.7 Å². The van der Waals surface area contributed by atoms with E-state index in [2.05, 4.69) is 5.10 Å². The zero-order valence-corrected chi connectivity index (χ0v) is 8.15. The summed E-state index contributed by atoms with van der Waals surface area (Å²) in [6.07, 6.45) is 3.40. The number of aliphatic hydroxyl groups is 1. The van der Waals surface area contributed by atoms with E-state index in [1.54, 1.807) is 17.1 Å². The van der Waals surface area contributed by atoms with Crippen LogP contribution in [0.3, 0.4) is 0 Å². The normalized spacial score (nSPS) is 10.4. The molecule has 0 fully saturated rings. The maximum Gasteiger partial charge on any atom is 0.0712 e. The molecule has 0 radical (unpaired) electrons. The summed E-state index contributed by atoms with van der Waals surface area (Å²) in [5.74, 6) is 0. The van der Waals surface area contributed by atoms with E-state index in [0.29, 0.717) is 5.02 Å². The summed E-state index contributed by atoms with van der Waals surface area (Å²) in [6, 6.07) is 7.38. The first-order valence-electron chi connectivity index (χ1n) is 4.20. The molecule has 3 nitrogen and oxygen atoms in total. The highest BCUT2D eigenvalue weighted by atomic mass is 35.5. The van der Waals surface area contributed by atoms with Crippen LogP contribution in [-0.4, -0.2) is 14.9 Å². The number of hydrogen-bond donors (Lipinski definition) is 1. The summed E-state index contributed by atoms with van der Waals surface area (Å²) in [6.45, 7) is 0.000561. The third-order valence-electron chi connectivity index (χ3n) is 1.89. The molecule has 1 aromatic carbocycles. The van der Waals surface area contributed by atoms with Crippen molar-refractivity contribution in [2.75, 3.05) is 0 Å². The molecule has 2 rings (SSSR count). The SMILES string of the molecule is OCc1cnn(-c2cccc(Cl)c2)c1. The van der Waals surface area contributed by atoms with E-state index in [1.165, 1.54) is 0 Å². The fourth-order valence-corrected chi connectivity index (χ4v) is 1.39. The summed E-state index contributed by atoms with van der Waals surface area (Å²) in [4.78, 5) is 0. The molecule has 0 aliphatic heterocycles. The monoisotopic (exact) mass is 208 g/mol. The fourth-order valence-electron chi connectivity index (χ4n) is 1.20. The van der Waals surface area contributed by atoms with Gasteiger partial charge in [0.05, 0.1) is 18.5 Å². The predicted octanol–water partition coefficient (Wildman–Crippen LogP) is 2.02. The molecular weight excluding hydrogens is 200 g/mol. The predicted molar refractivity (Wildman–Crippen MR) is 54.5 cm³/mol. The van der Waals surface area contributed by atoms with Gasteiger partial charge in [-0.05, 0) is 18.2 Å². The molecule has 1 N–H and O–H groups in total. The van der Waals surface area contributed by atoms with Crippen molar-refractivity contribution in [2.45, 2.75) is 6.61 Å². The number of halogens is 1. The molecule has 14 heavy (non-hydrogen) atoms. The first kappa shape index (κ1) is 9.24. The van der Waals surface area contributed by atoms with Crippen molar-refractivity contribution in [3.63, 3.8) is 0 Å². The van der Waals surface area contributed by atoms with Crippen LogP contribution in [0, 0.1) is 0 Å². The van der Waals surface area contributed by atoms with Crippen LogP contribution in [-0.2, 0) is 6.61 Å². The molecule has 0 aliphatic carbocycles. The Morgan fingerprint density at radius 3 is 2.93 bits per heavy atom. The smallest absolute Gasteiger partial charge is 0.0712 e. The molecule has 0 saturated heterocycles. The summed E-state index contributed by atoms with van der Waals surface area (Å²) in [5, 5.41) is 13.6. The average Bonchev–Trinajstić information content (AvgIpc) is 2.66. The lowest BCUT2D eigenvalue weighted by Gasteiger charge is -2.00. The molecule has 0 atom stereocenters. The molecule has 2 aromatic rings. The van der Waals surface area contributed by atoms with E-state index in [-0.39, 0.29) is 6.61 Å². The second-order valence-electron chi connectivity index (χ2n) is 2.93. The van der Waals surface area contributed by atoms with Gasteiger partial charge in [-0.3, -0.25) is 0 Å². The Hall–Kier alpha value is -1.32. The van der Waals surface area contributed by atoms with Crippen LogP contribution in [0.5, 0.6) is 0 Å². The van der Waals surface area contributed by atoms with Crippen molar-refractivity contribution in [1.29, 1.82) is 0 Å². The topological polar surface area (TPSA) is 38.1 Å². The maximum atomic E-state index is 8.87. The van der Waals surface area contributed by atoms with E-state index in [9.17, 15) is 0 Å². The summed E-state index contributed by atoms with van der Waals surface area (Å²) >= 11 is 5.84. The lowest BCUT2D eigenvalue weighted by atomic mass is 10.3. The molecule has 0 bridgehead atoms. The Morgan fingerprint density at radius 2 is 2.29 bits per heavy atom. The number of aromatic nitrogens is 2. The van der Waals surface area contributed by atoms with Crippen molar-refractivity contribution >= 4 is 11.6 Å². The van der Waals surface area contributed by atoms with Crippen molar-refractivity contribution in [3.8, 4) is 5.69 Å². The molecule has 0 aliphatic rings. The molecule has 72 valence electrons. The fraction of sp³-hybridized carbons (Fsp3) is 0.100. The highest BCUT2D eigenvalue weighted by molar-refractivity contribution is 6.30. The van der Waals surface area contributed by atoms with Gasteiger partial charge >= 0.3 is 0 Å². The van der Waals surface area contributed by atoms with E-state index < -0.39 is 0 Å². The minimum Gasteiger partial charge on any atom is -0.392 e. The highest BCUT2D eigenvalue weighted by Crippen LogP contribution is 2.14. The Kier molecular flexibility index (Phi) is 2.52.